The molecule has 4 aromatic rings. The highest BCUT2D eigenvalue weighted by Crippen LogP contribution is 2.32. The zero-order valence-corrected chi connectivity index (χ0v) is 19.5. The number of likely N-dealkylation sites (tertiary alicyclic amines) is 1. The second-order valence-corrected chi connectivity index (χ2v) is 8.28. The van der Waals surface area contributed by atoms with Gasteiger partial charge in [0.1, 0.15) is 0 Å². The van der Waals surface area contributed by atoms with E-state index in [2.05, 4.69) is 15.4 Å². The maximum atomic E-state index is 13.2. The Labute approximate surface area is 202 Å². The molecule has 0 radical (unpaired) electrons. The Morgan fingerprint density at radius 3 is 2.57 bits per heavy atom. The molecule has 1 fully saturated rings. The second-order valence-electron chi connectivity index (χ2n) is 8.28. The van der Waals surface area contributed by atoms with Crippen LogP contribution in [0, 0.1) is 0 Å². The number of carbonyl (C=O) groups is 2. The van der Waals surface area contributed by atoms with E-state index < -0.39 is 0 Å². The molecular weight excluding hydrogens is 446 g/mol. The average molecular weight is 472 g/mol. The van der Waals surface area contributed by atoms with E-state index in [1.165, 1.54) is 0 Å². The number of hydrogen-bond acceptors (Lipinski definition) is 6. The number of methoxy groups -OCH3 is 2. The summed E-state index contributed by atoms with van der Waals surface area (Å²) in [5.41, 5.74) is 3.09. The number of benzene rings is 2. The van der Waals surface area contributed by atoms with E-state index in [1.54, 1.807) is 48.0 Å². The lowest BCUT2D eigenvalue weighted by Gasteiger charge is -2.16. The van der Waals surface area contributed by atoms with Gasteiger partial charge in [-0.25, -0.2) is 9.50 Å². The summed E-state index contributed by atoms with van der Waals surface area (Å²) < 4.78 is 12.4. The molecule has 178 valence electrons. The Morgan fingerprint density at radius 1 is 1.00 bits per heavy atom. The highest BCUT2D eigenvalue weighted by atomic mass is 16.5. The van der Waals surface area contributed by atoms with Gasteiger partial charge in [0.2, 0.25) is 0 Å². The predicted octanol–water partition coefficient (Wildman–Crippen LogP) is 3.06. The standard InChI is InChI=1S/C26H25N5O4/c1-34-22-9-8-18(14-23(22)35-2)21-10-12-27-24-15-20(29-31(21)24)26(33)30-13-11-19(16-30)28-25(32)17-6-4-3-5-7-17/h3-10,12,14-15,19H,11,13,16H2,1-2H3,(H,28,32)/t19-/m1/s1. The van der Waals surface area contributed by atoms with Crippen LogP contribution in [0.3, 0.4) is 0 Å². The smallest absolute Gasteiger partial charge is 0.274 e. The minimum absolute atomic E-state index is 0.107. The van der Waals surface area contributed by atoms with E-state index in [9.17, 15) is 9.59 Å². The van der Waals surface area contributed by atoms with E-state index in [1.807, 2.05) is 42.5 Å². The zero-order valence-electron chi connectivity index (χ0n) is 19.5. The summed E-state index contributed by atoms with van der Waals surface area (Å²) in [6, 6.07) is 18.1. The molecule has 9 heteroatoms. The highest BCUT2D eigenvalue weighted by molar-refractivity contribution is 5.95. The fraction of sp³-hybridized carbons (Fsp3) is 0.231. The lowest BCUT2D eigenvalue weighted by atomic mass is 10.1. The maximum absolute atomic E-state index is 13.2. The van der Waals surface area contributed by atoms with E-state index in [0.717, 1.165) is 11.3 Å². The van der Waals surface area contributed by atoms with Gasteiger partial charge in [-0.2, -0.15) is 5.10 Å². The van der Waals surface area contributed by atoms with Gasteiger partial charge < -0.3 is 19.7 Å². The topological polar surface area (TPSA) is 98.1 Å². The molecule has 0 saturated carbocycles. The molecule has 2 aromatic heterocycles. The SMILES string of the molecule is COc1ccc(-c2ccnc3cc(C(=O)N4CC[C@@H](NC(=O)c5ccccc5)C4)nn23)cc1OC. The fourth-order valence-electron chi connectivity index (χ4n) is 4.30. The Balaban J connectivity index is 1.35. The number of carbonyl (C=O) groups excluding carboxylic acids is 2. The number of fused-ring (bicyclic) bond motifs is 1. The van der Waals surface area contributed by atoms with Crippen molar-refractivity contribution < 1.29 is 19.1 Å². The number of hydrogen-bond donors (Lipinski definition) is 1. The predicted molar refractivity (Wildman–Crippen MR) is 130 cm³/mol. The molecule has 2 aromatic carbocycles. The van der Waals surface area contributed by atoms with Gasteiger partial charge in [0.15, 0.2) is 22.8 Å². The van der Waals surface area contributed by atoms with Crippen LogP contribution in [0.5, 0.6) is 11.5 Å². The van der Waals surface area contributed by atoms with Crippen molar-refractivity contribution in [1.29, 1.82) is 0 Å². The second kappa shape index (κ2) is 9.46. The molecule has 3 heterocycles. The Hall–Kier alpha value is -4.40. The monoisotopic (exact) mass is 471 g/mol. The summed E-state index contributed by atoms with van der Waals surface area (Å²) >= 11 is 0. The molecule has 1 atom stereocenters. The third kappa shape index (κ3) is 4.40. The zero-order chi connectivity index (χ0) is 24.4. The van der Waals surface area contributed by atoms with Gasteiger partial charge in [0, 0.05) is 42.5 Å². The van der Waals surface area contributed by atoms with Crippen molar-refractivity contribution in [3.63, 3.8) is 0 Å². The number of aromatic nitrogens is 3. The first-order valence-corrected chi connectivity index (χ1v) is 11.3. The summed E-state index contributed by atoms with van der Waals surface area (Å²) in [5.74, 6) is 0.895. The first-order valence-electron chi connectivity index (χ1n) is 11.3. The minimum atomic E-state index is -0.190. The molecule has 9 nitrogen and oxygen atoms in total. The quantitative estimate of drug-likeness (QED) is 0.464. The average Bonchev–Trinajstić information content (AvgIpc) is 3.55. The van der Waals surface area contributed by atoms with Gasteiger partial charge in [0.05, 0.1) is 19.9 Å². The molecule has 0 aliphatic carbocycles. The lowest BCUT2D eigenvalue weighted by molar-refractivity contribution is 0.0777. The van der Waals surface area contributed by atoms with Crippen LogP contribution in [-0.4, -0.2) is 64.7 Å². The van der Waals surface area contributed by atoms with E-state index in [4.69, 9.17) is 9.47 Å². The van der Waals surface area contributed by atoms with Crippen LogP contribution in [0.4, 0.5) is 0 Å². The van der Waals surface area contributed by atoms with Crippen LogP contribution in [0.2, 0.25) is 0 Å². The van der Waals surface area contributed by atoms with Crippen LogP contribution in [0.25, 0.3) is 16.9 Å². The van der Waals surface area contributed by atoms with Crippen molar-refractivity contribution in [2.75, 3.05) is 27.3 Å². The van der Waals surface area contributed by atoms with Crippen molar-refractivity contribution in [2.45, 2.75) is 12.5 Å². The lowest BCUT2D eigenvalue weighted by Crippen LogP contribution is -2.38. The van der Waals surface area contributed by atoms with E-state index in [0.29, 0.717) is 47.9 Å². The molecule has 5 rings (SSSR count). The van der Waals surface area contributed by atoms with Gasteiger partial charge in [-0.05, 0) is 42.8 Å². The molecule has 1 aliphatic heterocycles. The van der Waals surface area contributed by atoms with Gasteiger partial charge in [-0.15, -0.1) is 0 Å². The summed E-state index contributed by atoms with van der Waals surface area (Å²) in [4.78, 5) is 31.8. The molecule has 0 unspecified atom stereocenters. The van der Waals surface area contributed by atoms with Crippen LogP contribution < -0.4 is 14.8 Å². The third-order valence-corrected chi connectivity index (χ3v) is 6.10. The number of rotatable bonds is 6. The maximum Gasteiger partial charge on any atom is 0.274 e. The van der Waals surface area contributed by atoms with Crippen LogP contribution in [-0.2, 0) is 0 Å². The van der Waals surface area contributed by atoms with Crippen molar-refractivity contribution in [3.8, 4) is 22.8 Å². The molecular formula is C26H25N5O4. The molecule has 0 bridgehead atoms. The van der Waals surface area contributed by atoms with Crippen molar-refractivity contribution in [2.24, 2.45) is 0 Å². The van der Waals surface area contributed by atoms with Crippen molar-refractivity contribution >= 4 is 17.5 Å². The first-order chi connectivity index (χ1) is 17.1. The molecule has 1 saturated heterocycles. The number of amides is 2. The fourth-order valence-corrected chi connectivity index (χ4v) is 4.30. The summed E-state index contributed by atoms with van der Waals surface area (Å²) in [6.45, 7) is 0.976. The van der Waals surface area contributed by atoms with Crippen LogP contribution in [0.15, 0.2) is 66.9 Å². The number of nitrogens with one attached hydrogen (secondary N) is 1. The van der Waals surface area contributed by atoms with E-state index in [-0.39, 0.29) is 17.9 Å². The molecule has 1 aliphatic rings. The molecule has 0 spiro atoms. The van der Waals surface area contributed by atoms with Gasteiger partial charge >= 0.3 is 0 Å². The minimum Gasteiger partial charge on any atom is -0.493 e. The summed E-state index contributed by atoms with van der Waals surface area (Å²) in [7, 11) is 3.17. The third-order valence-electron chi connectivity index (χ3n) is 6.10. The Bertz CT molecular complexity index is 1390. The number of ether oxygens (including phenoxy) is 2. The van der Waals surface area contributed by atoms with Gasteiger partial charge in [0.25, 0.3) is 11.8 Å². The largest absolute Gasteiger partial charge is 0.493 e. The van der Waals surface area contributed by atoms with Gasteiger partial charge in [-0.3, -0.25) is 9.59 Å². The molecule has 1 N–H and O–H groups in total. The summed E-state index contributed by atoms with van der Waals surface area (Å²) in [6.07, 6.45) is 2.37. The van der Waals surface area contributed by atoms with Crippen LogP contribution in [0.1, 0.15) is 27.3 Å². The number of nitrogens with zero attached hydrogens (tertiary/aromatic N) is 4. The normalized spacial score (nSPS) is 15.3. The Morgan fingerprint density at radius 2 is 1.80 bits per heavy atom. The summed E-state index contributed by atoms with van der Waals surface area (Å²) in [5, 5.41) is 7.58. The highest BCUT2D eigenvalue weighted by Gasteiger charge is 2.29. The van der Waals surface area contributed by atoms with Crippen molar-refractivity contribution in [1.82, 2.24) is 24.8 Å². The first kappa shape index (κ1) is 22.4. The Kier molecular flexibility index (Phi) is 6.05. The van der Waals surface area contributed by atoms with Gasteiger partial charge in [-0.1, -0.05) is 18.2 Å². The molecule has 2 amide bonds. The van der Waals surface area contributed by atoms with Crippen LogP contribution >= 0.6 is 0 Å². The van der Waals surface area contributed by atoms with Crippen molar-refractivity contribution in [3.05, 3.63) is 78.1 Å². The van der Waals surface area contributed by atoms with E-state index >= 15 is 0 Å². The molecule has 35 heavy (non-hydrogen) atoms.